The van der Waals surface area contributed by atoms with Crippen molar-refractivity contribution in [3.05, 3.63) is 108 Å². The fourth-order valence-corrected chi connectivity index (χ4v) is 4.19. The van der Waals surface area contributed by atoms with E-state index in [9.17, 15) is 5.11 Å². The fraction of sp³-hybridized carbons (Fsp3) is 0.368. The number of rotatable bonds is 4. The number of anilines is 2. The van der Waals surface area contributed by atoms with Crippen LogP contribution in [0.15, 0.2) is 97.1 Å². The number of hydrogen-bond acceptors (Lipinski definition) is 3. The molecular formula is C38H55NO2. The van der Waals surface area contributed by atoms with E-state index < -0.39 is 0 Å². The van der Waals surface area contributed by atoms with Crippen LogP contribution in [0.4, 0.5) is 11.4 Å². The number of nitrogens with zero attached hydrogens (tertiary/aromatic N) is 1. The lowest BCUT2D eigenvalue weighted by Crippen LogP contribution is -2.27. The molecule has 0 radical (unpaired) electrons. The standard InChI is InChI=1S/C28H29NO2.C4H8.3C2H6/c1-4-31-27-17-11-9-15-23(27)24-18-20(2)19-26(28(24)30)29-21(3)12-6-5-7-13-22-14-8-10-16-25(22)29;1-3-4-2;3*1-2/h5-12,14-19,21,30H,4,13H2,1-3H3;3-4H,1-2H3;3*1-2H3/b7-5-,12-6-;4-3-;;;. The van der Waals surface area contributed by atoms with Gasteiger partial charge in [-0.1, -0.05) is 114 Å². The lowest BCUT2D eigenvalue weighted by molar-refractivity contribution is 0.341. The van der Waals surface area contributed by atoms with Crippen LogP contribution in [-0.4, -0.2) is 17.8 Å². The molecule has 1 aliphatic heterocycles. The molecule has 224 valence electrons. The summed E-state index contributed by atoms with van der Waals surface area (Å²) in [5, 5.41) is 11.6. The molecule has 41 heavy (non-hydrogen) atoms. The minimum absolute atomic E-state index is 0.0617. The second kappa shape index (κ2) is 22.0. The maximum Gasteiger partial charge on any atom is 0.147 e. The first kappa shape index (κ1) is 37.3. The van der Waals surface area contributed by atoms with E-state index in [0.29, 0.717) is 6.61 Å². The van der Waals surface area contributed by atoms with E-state index in [4.69, 9.17) is 4.74 Å². The quantitative estimate of drug-likeness (QED) is 0.324. The molecule has 0 spiro atoms. The minimum Gasteiger partial charge on any atom is -0.505 e. The topological polar surface area (TPSA) is 32.7 Å². The Bertz CT molecular complexity index is 1200. The van der Waals surface area contributed by atoms with Crippen molar-refractivity contribution < 1.29 is 9.84 Å². The minimum atomic E-state index is 0.0617. The molecule has 4 rings (SSSR count). The summed E-state index contributed by atoms with van der Waals surface area (Å²) in [5.74, 6) is 1.04. The van der Waals surface area contributed by atoms with Crippen molar-refractivity contribution >= 4 is 11.4 Å². The first-order valence-corrected chi connectivity index (χ1v) is 15.3. The first-order valence-electron chi connectivity index (χ1n) is 15.3. The van der Waals surface area contributed by atoms with Crippen LogP contribution in [0.5, 0.6) is 11.5 Å². The first-order chi connectivity index (χ1) is 20.0. The highest BCUT2D eigenvalue weighted by Crippen LogP contribution is 2.45. The smallest absolute Gasteiger partial charge is 0.147 e. The summed E-state index contributed by atoms with van der Waals surface area (Å²) < 4.78 is 5.86. The molecule has 0 fully saturated rings. The van der Waals surface area contributed by atoms with E-state index in [1.165, 1.54) is 5.56 Å². The number of phenolic OH excluding ortho intramolecular Hbond substituents is 1. The summed E-state index contributed by atoms with van der Waals surface area (Å²) in [6.45, 7) is 22.8. The van der Waals surface area contributed by atoms with E-state index in [1.807, 2.05) is 105 Å². The lowest BCUT2D eigenvalue weighted by atomic mass is 9.98. The number of hydrogen-bond donors (Lipinski definition) is 1. The van der Waals surface area contributed by atoms with Crippen LogP contribution in [0.1, 0.15) is 80.4 Å². The zero-order valence-corrected chi connectivity index (χ0v) is 27.5. The number of aromatic hydroxyl groups is 1. The number of phenols is 1. The molecule has 1 atom stereocenters. The van der Waals surface area contributed by atoms with Crippen molar-refractivity contribution in [3.8, 4) is 22.6 Å². The van der Waals surface area contributed by atoms with Crippen molar-refractivity contribution in [1.82, 2.24) is 0 Å². The zero-order valence-electron chi connectivity index (χ0n) is 27.5. The van der Waals surface area contributed by atoms with Crippen molar-refractivity contribution in [2.24, 2.45) is 0 Å². The molecule has 1 aliphatic rings. The Morgan fingerprint density at radius 1 is 0.829 bits per heavy atom. The van der Waals surface area contributed by atoms with Gasteiger partial charge in [0.25, 0.3) is 0 Å². The van der Waals surface area contributed by atoms with Gasteiger partial charge in [-0.3, -0.25) is 0 Å². The van der Waals surface area contributed by atoms with Gasteiger partial charge in [-0.2, -0.15) is 0 Å². The van der Waals surface area contributed by atoms with Crippen LogP contribution >= 0.6 is 0 Å². The molecule has 3 heteroatoms. The monoisotopic (exact) mass is 557 g/mol. The molecule has 0 saturated carbocycles. The Morgan fingerprint density at radius 3 is 2.07 bits per heavy atom. The number of fused-ring (bicyclic) bond motifs is 1. The summed E-state index contributed by atoms with van der Waals surface area (Å²) in [4.78, 5) is 2.23. The summed E-state index contributed by atoms with van der Waals surface area (Å²) in [5.41, 5.74) is 5.90. The Kier molecular flexibility index (Phi) is 20.0. The molecule has 1 unspecified atom stereocenters. The van der Waals surface area contributed by atoms with Gasteiger partial charge in [0, 0.05) is 22.9 Å². The van der Waals surface area contributed by atoms with Crippen molar-refractivity contribution in [2.75, 3.05) is 11.5 Å². The second-order valence-electron chi connectivity index (χ2n) is 8.53. The molecule has 1 heterocycles. The summed E-state index contributed by atoms with van der Waals surface area (Å²) >= 11 is 0. The predicted octanol–water partition coefficient (Wildman–Crippen LogP) is 11.6. The third-order valence-electron chi connectivity index (χ3n) is 5.94. The van der Waals surface area contributed by atoms with Gasteiger partial charge < -0.3 is 14.7 Å². The molecule has 1 N–H and O–H groups in total. The Balaban J connectivity index is 0.00000142. The van der Waals surface area contributed by atoms with E-state index in [0.717, 1.165) is 40.2 Å². The van der Waals surface area contributed by atoms with Gasteiger partial charge in [-0.05, 0) is 76.4 Å². The SMILES string of the molecule is C/C=C\C.CC.CC.CC.CCOc1ccccc1-c1cc(C)cc(N2c3ccccc3C/C=C\C=C/C2C)c1O. The van der Waals surface area contributed by atoms with Gasteiger partial charge in [0.05, 0.1) is 12.3 Å². The van der Waals surface area contributed by atoms with Crippen LogP contribution < -0.4 is 9.64 Å². The van der Waals surface area contributed by atoms with Crippen molar-refractivity contribution in [2.45, 2.75) is 88.6 Å². The molecule has 0 saturated heterocycles. The molecule has 3 aromatic rings. The lowest BCUT2D eigenvalue weighted by Gasteiger charge is -2.32. The van der Waals surface area contributed by atoms with Gasteiger partial charge in [-0.15, -0.1) is 0 Å². The van der Waals surface area contributed by atoms with E-state index in [2.05, 4.69) is 73.4 Å². The van der Waals surface area contributed by atoms with Crippen LogP contribution in [-0.2, 0) is 6.42 Å². The maximum absolute atomic E-state index is 11.6. The number of ether oxygens (including phenoxy) is 1. The van der Waals surface area contributed by atoms with Gasteiger partial charge in [0.2, 0.25) is 0 Å². The van der Waals surface area contributed by atoms with Crippen LogP contribution in [0.3, 0.4) is 0 Å². The van der Waals surface area contributed by atoms with E-state index in [1.54, 1.807) is 0 Å². The van der Waals surface area contributed by atoms with Crippen LogP contribution in [0.2, 0.25) is 0 Å². The third-order valence-corrected chi connectivity index (χ3v) is 5.94. The highest BCUT2D eigenvalue weighted by molar-refractivity contribution is 5.85. The predicted molar refractivity (Wildman–Crippen MR) is 184 cm³/mol. The van der Waals surface area contributed by atoms with Gasteiger partial charge in [-0.25, -0.2) is 0 Å². The second-order valence-corrected chi connectivity index (χ2v) is 8.53. The Morgan fingerprint density at radius 2 is 1.44 bits per heavy atom. The normalized spacial score (nSPS) is 14.8. The van der Waals surface area contributed by atoms with Crippen molar-refractivity contribution in [3.63, 3.8) is 0 Å². The number of allylic oxidation sites excluding steroid dienone is 5. The molecule has 0 amide bonds. The van der Waals surface area contributed by atoms with E-state index in [-0.39, 0.29) is 11.8 Å². The summed E-state index contributed by atoms with van der Waals surface area (Å²) in [6.07, 6.45) is 13.4. The van der Waals surface area contributed by atoms with Crippen LogP contribution in [0, 0.1) is 6.92 Å². The summed E-state index contributed by atoms with van der Waals surface area (Å²) in [7, 11) is 0. The van der Waals surface area contributed by atoms with E-state index >= 15 is 0 Å². The number of aryl methyl sites for hydroxylation is 1. The van der Waals surface area contributed by atoms with Gasteiger partial charge in [0.1, 0.15) is 11.5 Å². The largest absolute Gasteiger partial charge is 0.505 e. The number of para-hydroxylation sites is 2. The van der Waals surface area contributed by atoms with Crippen LogP contribution in [0.25, 0.3) is 11.1 Å². The Labute approximate surface area is 251 Å². The average Bonchev–Trinajstić information content (AvgIpc) is 3.10. The molecule has 0 aliphatic carbocycles. The van der Waals surface area contributed by atoms with Gasteiger partial charge in [0.15, 0.2) is 0 Å². The summed E-state index contributed by atoms with van der Waals surface area (Å²) in [6, 6.07) is 20.5. The van der Waals surface area contributed by atoms with Gasteiger partial charge >= 0.3 is 0 Å². The maximum atomic E-state index is 11.6. The fourth-order valence-electron chi connectivity index (χ4n) is 4.19. The van der Waals surface area contributed by atoms with Crippen molar-refractivity contribution in [1.29, 1.82) is 0 Å². The zero-order chi connectivity index (χ0) is 31.2. The molecular weight excluding hydrogens is 502 g/mol. The Hall–Kier alpha value is -3.72. The number of benzene rings is 3. The molecule has 0 aromatic heterocycles. The molecule has 3 aromatic carbocycles. The molecule has 0 bridgehead atoms. The molecule has 3 nitrogen and oxygen atoms in total. The average molecular weight is 558 g/mol. The third kappa shape index (κ3) is 11.0. The highest BCUT2D eigenvalue weighted by Gasteiger charge is 2.24. The highest BCUT2D eigenvalue weighted by atomic mass is 16.5.